The van der Waals surface area contributed by atoms with Crippen molar-refractivity contribution >= 4 is 5.91 Å². The highest BCUT2D eigenvalue weighted by molar-refractivity contribution is 5.92. The molecule has 1 amide bonds. The van der Waals surface area contributed by atoms with Crippen LogP contribution in [0, 0.1) is 0 Å². The summed E-state index contributed by atoms with van der Waals surface area (Å²) in [5.41, 5.74) is 6.09. The number of carbonyl (C=O) groups excluding carboxylic acids is 1. The number of hydrogen-bond donors (Lipinski definition) is 2. The SMILES string of the molecule is C=C(CC)C(=O)NNCCCCC. The maximum atomic E-state index is 11.1. The van der Waals surface area contributed by atoms with Crippen LogP contribution in [-0.4, -0.2) is 12.5 Å². The lowest BCUT2D eigenvalue weighted by Gasteiger charge is -2.06. The van der Waals surface area contributed by atoms with E-state index in [9.17, 15) is 4.79 Å². The average molecular weight is 184 g/mol. The van der Waals surface area contributed by atoms with Crippen LogP contribution in [0.25, 0.3) is 0 Å². The van der Waals surface area contributed by atoms with Crippen LogP contribution in [0.5, 0.6) is 0 Å². The van der Waals surface area contributed by atoms with E-state index < -0.39 is 0 Å². The number of hydrogen-bond acceptors (Lipinski definition) is 2. The standard InChI is InChI=1S/C10H20N2O/c1-4-6-7-8-11-12-10(13)9(3)5-2/h11H,3-8H2,1-2H3,(H,12,13). The summed E-state index contributed by atoms with van der Waals surface area (Å²) in [7, 11) is 0. The van der Waals surface area contributed by atoms with Crippen LogP contribution in [0.3, 0.4) is 0 Å². The molecular weight excluding hydrogens is 164 g/mol. The molecule has 0 bridgehead atoms. The van der Waals surface area contributed by atoms with Gasteiger partial charge < -0.3 is 0 Å². The van der Waals surface area contributed by atoms with E-state index in [0.29, 0.717) is 12.0 Å². The molecule has 3 nitrogen and oxygen atoms in total. The molecular formula is C10H20N2O. The van der Waals surface area contributed by atoms with E-state index in [4.69, 9.17) is 0 Å². The summed E-state index contributed by atoms with van der Waals surface area (Å²) in [6, 6.07) is 0. The van der Waals surface area contributed by atoms with Gasteiger partial charge in [0.1, 0.15) is 0 Å². The molecule has 0 atom stereocenters. The molecule has 3 heteroatoms. The van der Waals surface area contributed by atoms with Crippen LogP contribution in [0.4, 0.5) is 0 Å². The predicted octanol–water partition coefficient (Wildman–Crippen LogP) is 1.76. The summed E-state index contributed by atoms with van der Waals surface area (Å²) in [5, 5.41) is 0. The Labute approximate surface area is 80.6 Å². The minimum Gasteiger partial charge on any atom is -0.288 e. The van der Waals surface area contributed by atoms with Gasteiger partial charge in [-0.25, -0.2) is 5.43 Å². The fraction of sp³-hybridized carbons (Fsp3) is 0.700. The maximum absolute atomic E-state index is 11.1. The van der Waals surface area contributed by atoms with Crippen molar-refractivity contribution in [2.24, 2.45) is 0 Å². The second-order valence-electron chi connectivity index (χ2n) is 3.05. The number of unbranched alkanes of at least 4 members (excludes halogenated alkanes) is 2. The molecule has 0 radical (unpaired) electrons. The van der Waals surface area contributed by atoms with Crippen LogP contribution in [0.1, 0.15) is 39.5 Å². The van der Waals surface area contributed by atoms with Gasteiger partial charge in [0.25, 0.3) is 5.91 Å². The molecule has 0 aromatic carbocycles. The van der Waals surface area contributed by atoms with Crippen molar-refractivity contribution < 1.29 is 4.79 Å². The van der Waals surface area contributed by atoms with Crippen LogP contribution in [0.2, 0.25) is 0 Å². The van der Waals surface area contributed by atoms with Crippen molar-refractivity contribution in [2.75, 3.05) is 6.54 Å². The van der Waals surface area contributed by atoms with Crippen LogP contribution in [0.15, 0.2) is 12.2 Å². The van der Waals surface area contributed by atoms with Crippen LogP contribution < -0.4 is 10.9 Å². The second kappa shape index (κ2) is 7.80. The maximum Gasteiger partial charge on any atom is 0.260 e. The van der Waals surface area contributed by atoms with E-state index >= 15 is 0 Å². The quantitative estimate of drug-likeness (QED) is 0.359. The first-order valence-corrected chi connectivity index (χ1v) is 4.93. The van der Waals surface area contributed by atoms with E-state index in [1.165, 1.54) is 12.8 Å². The lowest BCUT2D eigenvalue weighted by atomic mass is 10.2. The Balaban J connectivity index is 3.32. The van der Waals surface area contributed by atoms with Gasteiger partial charge in [-0.15, -0.1) is 0 Å². The lowest BCUT2D eigenvalue weighted by molar-refractivity contribution is -0.118. The Kier molecular flexibility index (Phi) is 7.30. The van der Waals surface area contributed by atoms with E-state index in [2.05, 4.69) is 24.4 Å². The Morgan fingerprint density at radius 1 is 1.31 bits per heavy atom. The Morgan fingerprint density at radius 3 is 2.54 bits per heavy atom. The highest BCUT2D eigenvalue weighted by atomic mass is 16.2. The molecule has 0 aromatic heterocycles. The normalized spacial score (nSPS) is 9.69. The molecule has 0 saturated heterocycles. The summed E-state index contributed by atoms with van der Waals surface area (Å²) in [6.07, 6.45) is 4.17. The van der Waals surface area contributed by atoms with Crippen LogP contribution in [-0.2, 0) is 4.79 Å². The van der Waals surface area contributed by atoms with Crippen molar-refractivity contribution in [3.05, 3.63) is 12.2 Å². The van der Waals surface area contributed by atoms with Crippen molar-refractivity contribution in [1.82, 2.24) is 10.9 Å². The largest absolute Gasteiger partial charge is 0.288 e. The van der Waals surface area contributed by atoms with E-state index in [-0.39, 0.29) is 5.91 Å². The monoisotopic (exact) mass is 184 g/mol. The fourth-order valence-corrected chi connectivity index (χ4v) is 0.855. The van der Waals surface area contributed by atoms with Gasteiger partial charge in [-0.05, 0) is 12.8 Å². The van der Waals surface area contributed by atoms with E-state index in [1.54, 1.807) is 0 Å². The Morgan fingerprint density at radius 2 is 2.00 bits per heavy atom. The van der Waals surface area contributed by atoms with Crippen molar-refractivity contribution in [3.8, 4) is 0 Å². The minimum absolute atomic E-state index is 0.0981. The molecule has 0 aromatic rings. The number of amides is 1. The summed E-state index contributed by atoms with van der Waals surface area (Å²) in [6.45, 7) is 8.53. The molecule has 13 heavy (non-hydrogen) atoms. The Bertz CT molecular complexity index is 166. The third-order valence-corrected chi connectivity index (χ3v) is 1.86. The number of nitrogens with one attached hydrogen (secondary N) is 2. The summed E-state index contributed by atoms with van der Waals surface area (Å²) >= 11 is 0. The van der Waals surface area contributed by atoms with Gasteiger partial charge >= 0.3 is 0 Å². The van der Waals surface area contributed by atoms with Crippen molar-refractivity contribution in [2.45, 2.75) is 39.5 Å². The third-order valence-electron chi connectivity index (χ3n) is 1.86. The Hall–Kier alpha value is -0.830. The third kappa shape index (κ3) is 6.34. The van der Waals surface area contributed by atoms with Gasteiger partial charge in [-0.2, -0.15) is 0 Å². The molecule has 76 valence electrons. The van der Waals surface area contributed by atoms with E-state index in [0.717, 1.165) is 13.0 Å². The molecule has 0 heterocycles. The molecule has 0 aliphatic carbocycles. The first-order valence-electron chi connectivity index (χ1n) is 4.93. The van der Waals surface area contributed by atoms with Crippen molar-refractivity contribution in [3.63, 3.8) is 0 Å². The fourth-order valence-electron chi connectivity index (χ4n) is 0.855. The molecule has 0 fully saturated rings. The molecule has 0 aliphatic heterocycles. The zero-order valence-electron chi connectivity index (χ0n) is 8.65. The zero-order chi connectivity index (χ0) is 10.1. The van der Waals surface area contributed by atoms with Crippen LogP contribution >= 0.6 is 0 Å². The van der Waals surface area contributed by atoms with Crippen molar-refractivity contribution in [1.29, 1.82) is 0 Å². The number of carbonyl (C=O) groups is 1. The second-order valence-corrected chi connectivity index (χ2v) is 3.05. The van der Waals surface area contributed by atoms with Gasteiger partial charge in [-0.3, -0.25) is 10.2 Å². The smallest absolute Gasteiger partial charge is 0.260 e. The number of hydrazine groups is 1. The summed E-state index contributed by atoms with van der Waals surface area (Å²) < 4.78 is 0. The first-order chi connectivity index (χ1) is 6.22. The first kappa shape index (κ1) is 12.2. The van der Waals surface area contributed by atoms with Gasteiger partial charge in [0.2, 0.25) is 0 Å². The predicted molar refractivity (Wildman–Crippen MR) is 55.1 cm³/mol. The highest BCUT2D eigenvalue weighted by Gasteiger charge is 2.01. The van der Waals surface area contributed by atoms with Gasteiger partial charge in [0.05, 0.1) is 0 Å². The molecule has 0 rings (SSSR count). The zero-order valence-corrected chi connectivity index (χ0v) is 8.65. The molecule has 0 unspecified atom stereocenters. The number of rotatable bonds is 7. The average Bonchev–Trinajstić information content (AvgIpc) is 2.16. The minimum atomic E-state index is -0.0981. The molecule has 2 N–H and O–H groups in total. The molecule has 0 aliphatic rings. The topological polar surface area (TPSA) is 41.1 Å². The van der Waals surface area contributed by atoms with Gasteiger partial charge in [0.15, 0.2) is 0 Å². The van der Waals surface area contributed by atoms with E-state index in [1.807, 2.05) is 6.92 Å². The highest BCUT2D eigenvalue weighted by Crippen LogP contribution is 1.94. The molecule has 0 saturated carbocycles. The van der Waals surface area contributed by atoms with Gasteiger partial charge in [0, 0.05) is 12.1 Å². The molecule has 0 spiro atoms. The van der Waals surface area contributed by atoms with Gasteiger partial charge in [-0.1, -0.05) is 33.3 Å². The lowest BCUT2D eigenvalue weighted by Crippen LogP contribution is -2.38. The summed E-state index contributed by atoms with van der Waals surface area (Å²) in [4.78, 5) is 11.1. The summed E-state index contributed by atoms with van der Waals surface area (Å²) in [5.74, 6) is -0.0981.